The van der Waals surface area contributed by atoms with Gasteiger partial charge < -0.3 is 14.5 Å². The number of ether oxygens (including phenoxy) is 1. The first-order chi connectivity index (χ1) is 15.7. The van der Waals surface area contributed by atoms with E-state index < -0.39 is 0 Å². The molecule has 2 fully saturated rings. The summed E-state index contributed by atoms with van der Waals surface area (Å²) in [6, 6.07) is 21.2. The van der Waals surface area contributed by atoms with Crippen molar-refractivity contribution in [2.75, 3.05) is 37.6 Å². The van der Waals surface area contributed by atoms with Crippen LogP contribution in [0.5, 0.6) is 0 Å². The van der Waals surface area contributed by atoms with Crippen LogP contribution in [0, 0.1) is 11.3 Å². The van der Waals surface area contributed by atoms with Gasteiger partial charge in [0.05, 0.1) is 23.3 Å². The van der Waals surface area contributed by atoms with Crippen molar-refractivity contribution in [2.45, 2.75) is 37.9 Å². The highest BCUT2D eigenvalue weighted by Gasteiger charge is 2.30. The van der Waals surface area contributed by atoms with Gasteiger partial charge >= 0.3 is 0 Å². The number of nitrogens with zero attached hydrogens (tertiary/aromatic N) is 4. The summed E-state index contributed by atoms with van der Waals surface area (Å²) in [4.78, 5) is 9.47. The highest BCUT2D eigenvalue weighted by atomic mass is 16.5. The van der Waals surface area contributed by atoms with Crippen LogP contribution in [0.2, 0.25) is 0 Å². The Morgan fingerprint density at radius 1 is 1.03 bits per heavy atom. The first kappa shape index (κ1) is 20.9. The third-order valence-electron chi connectivity index (χ3n) is 6.85. The lowest BCUT2D eigenvalue weighted by Crippen LogP contribution is -2.51. The van der Waals surface area contributed by atoms with Gasteiger partial charge in [-0.05, 0) is 68.6 Å². The number of rotatable bonds is 4. The molecular weight excluding hydrogens is 396 g/mol. The Balaban J connectivity index is 1.27. The van der Waals surface area contributed by atoms with Gasteiger partial charge in [-0.25, -0.2) is 0 Å². The number of hydrogen-bond donors (Lipinski definition) is 0. The molecule has 3 aromatic rings. The Morgan fingerprint density at radius 2 is 1.84 bits per heavy atom. The highest BCUT2D eigenvalue weighted by Crippen LogP contribution is 2.31. The lowest BCUT2D eigenvalue weighted by atomic mass is 9.89. The van der Waals surface area contributed by atoms with Gasteiger partial charge in [0, 0.05) is 36.9 Å². The molecule has 5 rings (SSSR count). The number of pyridine rings is 1. The number of likely N-dealkylation sites (tertiary alicyclic amines) is 1. The van der Waals surface area contributed by atoms with E-state index >= 15 is 0 Å². The smallest absolute Gasteiger partial charge is 0.101 e. The van der Waals surface area contributed by atoms with Crippen LogP contribution in [0.25, 0.3) is 10.9 Å². The summed E-state index contributed by atoms with van der Waals surface area (Å²) in [6.45, 7) is 7.08. The molecule has 5 nitrogen and oxygen atoms in total. The second kappa shape index (κ2) is 9.28. The van der Waals surface area contributed by atoms with Gasteiger partial charge in [-0.3, -0.25) is 4.98 Å². The first-order valence-corrected chi connectivity index (χ1v) is 11.7. The molecule has 32 heavy (non-hydrogen) atoms. The predicted octanol–water partition coefficient (Wildman–Crippen LogP) is 4.58. The summed E-state index contributed by atoms with van der Waals surface area (Å²) in [6.07, 6.45) is 4.52. The minimum atomic E-state index is 0.165. The zero-order chi connectivity index (χ0) is 21.9. The van der Waals surface area contributed by atoms with E-state index in [0.717, 1.165) is 49.3 Å². The predicted molar refractivity (Wildman–Crippen MR) is 128 cm³/mol. The average Bonchev–Trinajstić information content (AvgIpc) is 2.84. The van der Waals surface area contributed by atoms with E-state index in [-0.39, 0.29) is 12.2 Å². The van der Waals surface area contributed by atoms with Crippen molar-refractivity contribution >= 4 is 16.6 Å². The molecule has 164 valence electrons. The van der Waals surface area contributed by atoms with Crippen molar-refractivity contribution in [1.82, 2.24) is 9.88 Å². The van der Waals surface area contributed by atoms with Crippen molar-refractivity contribution < 1.29 is 4.74 Å². The summed E-state index contributed by atoms with van der Waals surface area (Å²) in [5, 5.41) is 10.5. The minimum absolute atomic E-state index is 0.165. The van der Waals surface area contributed by atoms with Crippen LogP contribution < -0.4 is 4.90 Å². The second-order valence-electron chi connectivity index (χ2n) is 9.10. The fraction of sp³-hybridized carbons (Fsp3) is 0.407. The zero-order valence-corrected chi connectivity index (χ0v) is 18.7. The van der Waals surface area contributed by atoms with E-state index in [1.165, 1.54) is 18.4 Å². The molecule has 0 spiro atoms. The lowest BCUT2D eigenvalue weighted by Gasteiger charge is -2.41. The molecule has 0 bridgehead atoms. The standard InChI is InChI=1S/C27H30N4O/c1-20-17-31(26-10-9-23(16-28)27-25(26)8-5-13-29-27)19-24(32-20)18-30-14-11-22(12-15-30)21-6-3-2-4-7-21/h2-10,13,20,22,24H,11-12,14-15,17-19H2,1H3/t20-,24+/m1/s1. The fourth-order valence-electron chi connectivity index (χ4n) is 5.33. The van der Waals surface area contributed by atoms with E-state index in [2.05, 4.69) is 70.2 Å². The summed E-state index contributed by atoms with van der Waals surface area (Å²) in [5.41, 5.74) is 4.03. The Kier molecular flexibility index (Phi) is 6.07. The number of benzene rings is 2. The first-order valence-electron chi connectivity index (χ1n) is 11.7. The Morgan fingerprint density at radius 3 is 2.62 bits per heavy atom. The van der Waals surface area contributed by atoms with Crippen LogP contribution in [-0.2, 0) is 4.74 Å². The monoisotopic (exact) mass is 426 g/mol. The number of nitriles is 1. The van der Waals surface area contributed by atoms with Gasteiger partial charge in [0.15, 0.2) is 0 Å². The number of hydrogen-bond acceptors (Lipinski definition) is 5. The lowest BCUT2D eigenvalue weighted by molar-refractivity contribution is -0.0349. The molecule has 2 aromatic carbocycles. The van der Waals surface area contributed by atoms with Gasteiger partial charge in [0.2, 0.25) is 0 Å². The van der Waals surface area contributed by atoms with E-state index in [0.29, 0.717) is 11.5 Å². The largest absolute Gasteiger partial charge is 0.370 e. The number of morpholine rings is 1. The highest BCUT2D eigenvalue weighted by molar-refractivity contribution is 5.95. The van der Waals surface area contributed by atoms with Crippen LogP contribution in [0.15, 0.2) is 60.8 Å². The van der Waals surface area contributed by atoms with Gasteiger partial charge in [-0.1, -0.05) is 30.3 Å². The molecule has 2 saturated heterocycles. The van der Waals surface area contributed by atoms with Crippen molar-refractivity contribution in [3.8, 4) is 6.07 Å². The molecule has 0 saturated carbocycles. The van der Waals surface area contributed by atoms with E-state index in [4.69, 9.17) is 4.74 Å². The van der Waals surface area contributed by atoms with Gasteiger partial charge in [-0.2, -0.15) is 5.26 Å². The van der Waals surface area contributed by atoms with Gasteiger partial charge in [0.1, 0.15) is 6.07 Å². The quantitative estimate of drug-likeness (QED) is 0.611. The zero-order valence-electron chi connectivity index (χ0n) is 18.7. The number of aromatic nitrogens is 1. The third-order valence-corrected chi connectivity index (χ3v) is 6.85. The van der Waals surface area contributed by atoms with Crippen LogP contribution in [0.1, 0.15) is 36.8 Å². The average molecular weight is 427 g/mol. The maximum Gasteiger partial charge on any atom is 0.101 e. The molecule has 0 unspecified atom stereocenters. The Bertz CT molecular complexity index is 1100. The van der Waals surface area contributed by atoms with Crippen molar-refractivity contribution in [1.29, 1.82) is 5.26 Å². The molecule has 2 atom stereocenters. The molecule has 5 heteroatoms. The number of anilines is 1. The van der Waals surface area contributed by atoms with Gasteiger partial charge in [0.25, 0.3) is 0 Å². The topological polar surface area (TPSA) is 52.4 Å². The van der Waals surface area contributed by atoms with E-state index in [1.807, 2.05) is 12.1 Å². The Labute approximate surface area is 190 Å². The molecule has 0 amide bonds. The molecule has 2 aliphatic heterocycles. The molecule has 0 aliphatic carbocycles. The molecule has 2 aliphatic rings. The Hall–Kier alpha value is -2.94. The molecule has 3 heterocycles. The fourth-order valence-corrected chi connectivity index (χ4v) is 5.33. The molecule has 0 N–H and O–H groups in total. The van der Waals surface area contributed by atoms with Crippen LogP contribution >= 0.6 is 0 Å². The maximum absolute atomic E-state index is 9.47. The summed E-state index contributed by atoms with van der Waals surface area (Å²) < 4.78 is 6.36. The van der Waals surface area contributed by atoms with E-state index in [1.54, 1.807) is 6.20 Å². The van der Waals surface area contributed by atoms with Crippen molar-refractivity contribution in [3.05, 3.63) is 71.9 Å². The SMILES string of the molecule is C[C@@H]1CN(c2ccc(C#N)c3ncccc23)C[C@H](CN2CCC(c3ccccc3)CC2)O1. The summed E-state index contributed by atoms with van der Waals surface area (Å²) in [5.74, 6) is 0.674. The third kappa shape index (κ3) is 4.34. The van der Waals surface area contributed by atoms with E-state index in [9.17, 15) is 5.26 Å². The number of piperidine rings is 1. The molecular formula is C27H30N4O. The van der Waals surface area contributed by atoms with Gasteiger partial charge in [-0.15, -0.1) is 0 Å². The van der Waals surface area contributed by atoms with Crippen molar-refractivity contribution in [2.24, 2.45) is 0 Å². The maximum atomic E-state index is 9.47. The number of fused-ring (bicyclic) bond motifs is 1. The summed E-state index contributed by atoms with van der Waals surface area (Å²) in [7, 11) is 0. The van der Waals surface area contributed by atoms with Crippen LogP contribution in [0.4, 0.5) is 5.69 Å². The minimum Gasteiger partial charge on any atom is -0.370 e. The molecule has 0 radical (unpaired) electrons. The van der Waals surface area contributed by atoms with Crippen LogP contribution in [-0.4, -0.2) is 54.8 Å². The summed E-state index contributed by atoms with van der Waals surface area (Å²) >= 11 is 0. The second-order valence-corrected chi connectivity index (χ2v) is 9.10. The van der Waals surface area contributed by atoms with Crippen molar-refractivity contribution in [3.63, 3.8) is 0 Å². The van der Waals surface area contributed by atoms with Crippen LogP contribution in [0.3, 0.4) is 0 Å². The molecule has 1 aromatic heterocycles. The normalized spacial score (nSPS) is 22.7.